The van der Waals surface area contributed by atoms with Gasteiger partial charge in [-0.2, -0.15) is 0 Å². The second kappa shape index (κ2) is 3.09. The van der Waals surface area contributed by atoms with E-state index in [1.165, 1.54) is 4.90 Å². The summed E-state index contributed by atoms with van der Waals surface area (Å²) < 4.78 is 0. The fourth-order valence-corrected chi connectivity index (χ4v) is 1.58. The van der Waals surface area contributed by atoms with Gasteiger partial charge >= 0.3 is 6.09 Å². The smallest absolute Gasteiger partial charge is 0.407 e. The van der Waals surface area contributed by atoms with Gasteiger partial charge in [0.05, 0.1) is 0 Å². The van der Waals surface area contributed by atoms with Gasteiger partial charge in [0, 0.05) is 18.6 Å². The van der Waals surface area contributed by atoms with Gasteiger partial charge in [-0.1, -0.05) is 0 Å². The molecule has 0 bridgehead atoms. The predicted molar refractivity (Wildman–Crippen MR) is 41.4 cm³/mol. The number of hydrogen-bond donors (Lipinski definition) is 2. The molecule has 0 saturated carbocycles. The number of likely N-dealkylation sites (tertiary alicyclic amines) is 1. The average Bonchev–Trinajstić information content (AvgIpc) is 2.32. The Bertz CT molecular complexity index is 159. The lowest BCUT2D eigenvalue weighted by Crippen LogP contribution is -2.44. The maximum Gasteiger partial charge on any atom is 0.407 e. The van der Waals surface area contributed by atoms with Crippen molar-refractivity contribution in [2.24, 2.45) is 5.73 Å². The molecule has 0 aromatic rings. The first-order valence-electron chi connectivity index (χ1n) is 3.88. The second-order valence-corrected chi connectivity index (χ2v) is 3.04. The average molecular weight is 158 g/mol. The van der Waals surface area contributed by atoms with Gasteiger partial charge in [-0.05, 0) is 19.8 Å². The minimum Gasteiger partial charge on any atom is -0.465 e. The van der Waals surface area contributed by atoms with E-state index in [4.69, 9.17) is 10.8 Å². The lowest BCUT2D eigenvalue weighted by molar-refractivity contribution is 0.135. The van der Waals surface area contributed by atoms with Crippen molar-refractivity contribution in [1.82, 2.24) is 4.90 Å². The Morgan fingerprint density at radius 3 is 2.82 bits per heavy atom. The molecule has 0 spiro atoms. The normalized spacial score (nSPS) is 27.1. The monoisotopic (exact) mass is 158 g/mol. The Balaban J connectivity index is 2.58. The van der Waals surface area contributed by atoms with E-state index < -0.39 is 6.09 Å². The first kappa shape index (κ1) is 8.33. The quantitative estimate of drug-likeness (QED) is 0.583. The van der Waals surface area contributed by atoms with Crippen LogP contribution < -0.4 is 5.73 Å². The van der Waals surface area contributed by atoms with Crippen molar-refractivity contribution in [2.75, 3.05) is 6.54 Å². The number of amides is 1. The molecule has 0 aliphatic carbocycles. The zero-order chi connectivity index (χ0) is 8.43. The fourth-order valence-electron chi connectivity index (χ4n) is 1.58. The Labute approximate surface area is 66.0 Å². The number of carboxylic acid groups (broad SMARTS) is 1. The summed E-state index contributed by atoms with van der Waals surface area (Å²) in [6, 6.07) is -0.0129. The summed E-state index contributed by atoms with van der Waals surface area (Å²) in [6.07, 6.45) is 1.01. The van der Waals surface area contributed by atoms with Gasteiger partial charge in [-0.25, -0.2) is 4.79 Å². The third-order valence-corrected chi connectivity index (χ3v) is 2.15. The van der Waals surface area contributed by atoms with Gasteiger partial charge in [0.25, 0.3) is 0 Å². The molecule has 1 aliphatic heterocycles. The van der Waals surface area contributed by atoms with Crippen LogP contribution in [0.3, 0.4) is 0 Å². The van der Waals surface area contributed by atoms with Crippen LogP contribution in [0.2, 0.25) is 0 Å². The van der Waals surface area contributed by atoms with E-state index in [9.17, 15) is 4.79 Å². The van der Waals surface area contributed by atoms with Gasteiger partial charge in [-0.15, -0.1) is 0 Å². The molecule has 0 radical (unpaired) electrons. The van der Waals surface area contributed by atoms with Gasteiger partial charge in [0.2, 0.25) is 0 Å². The van der Waals surface area contributed by atoms with E-state index >= 15 is 0 Å². The van der Waals surface area contributed by atoms with Crippen LogP contribution in [-0.2, 0) is 0 Å². The van der Waals surface area contributed by atoms with Crippen molar-refractivity contribution < 1.29 is 9.90 Å². The lowest BCUT2D eigenvalue weighted by Gasteiger charge is -2.24. The van der Waals surface area contributed by atoms with E-state index in [1.807, 2.05) is 6.92 Å². The van der Waals surface area contributed by atoms with E-state index in [-0.39, 0.29) is 12.1 Å². The van der Waals surface area contributed by atoms with Gasteiger partial charge in [-0.3, -0.25) is 0 Å². The maximum atomic E-state index is 10.6. The van der Waals surface area contributed by atoms with E-state index in [2.05, 4.69) is 0 Å². The molecule has 1 fully saturated rings. The highest BCUT2D eigenvalue weighted by atomic mass is 16.4. The molecular formula is C7H14N2O2. The highest BCUT2D eigenvalue weighted by Crippen LogP contribution is 2.18. The Kier molecular flexibility index (Phi) is 2.34. The summed E-state index contributed by atoms with van der Waals surface area (Å²) in [5.74, 6) is 0. The number of carbonyl (C=O) groups is 1. The molecule has 1 unspecified atom stereocenters. The lowest BCUT2D eigenvalue weighted by atomic mass is 10.1. The maximum absolute atomic E-state index is 10.6. The molecule has 4 nitrogen and oxygen atoms in total. The number of hydrogen-bond acceptors (Lipinski definition) is 2. The van der Waals surface area contributed by atoms with Crippen molar-refractivity contribution in [1.29, 1.82) is 0 Å². The number of nitrogens with two attached hydrogens (primary N) is 1. The molecule has 11 heavy (non-hydrogen) atoms. The van der Waals surface area contributed by atoms with Gasteiger partial charge in [0.15, 0.2) is 0 Å². The minimum absolute atomic E-state index is 0.0347. The highest BCUT2D eigenvalue weighted by molar-refractivity contribution is 5.65. The Morgan fingerprint density at radius 1 is 1.82 bits per heavy atom. The van der Waals surface area contributed by atoms with Crippen LogP contribution in [0.1, 0.15) is 19.8 Å². The largest absolute Gasteiger partial charge is 0.465 e. The zero-order valence-electron chi connectivity index (χ0n) is 6.66. The van der Waals surface area contributed by atoms with Crippen LogP contribution in [0.15, 0.2) is 0 Å². The number of nitrogens with zero attached hydrogens (tertiary/aromatic N) is 1. The molecule has 2 atom stereocenters. The zero-order valence-corrected chi connectivity index (χ0v) is 6.66. The molecule has 0 aromatic heterocycles. The van der Waals surface area contributed by atoms with Crippen molar-refractivity contribution in [3.63, 3.8) is 0 Å². The fraction of sp³-hybridized carbons (Fsp3) is 0.857. The van der Waals surface area contributed by atoms with Crippen LogP contribution in [0.25, 0.3) is 0 Å². The van der Waals surface area contributed by atoms with Crippen molar-refractivity contribution in [3.8, 4) is 0 Å². The van der Waals surface area contributed by atoms with Gasteiger partial charge in [0.1, 0.15) is 0 Å². The van der Waals surface area contributed by atoms with Crippen molar-refractivity contribution >= 4 is 6.09 Å². The third-order valence-electron chi connectivity index (χ3n) is 2.15. The summed E-state index contributed by atoms with van der Waals surface area (Å²) in [5, 5.41) is 8.70. The first-order valence-corrected chi connectivity index (χ1v) is 3.88. The van der Waals surface area contributed by atoms with Crippen molar-refractivity contribution in [3.05, 3.63) is 0 Å². The first-order chi connectivity index (χ1) is 5.13. The molecule has 4 heteroatoms. The van der Waals surface area contributed by atoms with Crippen LogP contribution >= 0.6 is 0 Å². The molecule has 1 heterocycles. The van der Waals surface area contributed by atoms with Crippen LogP contribution in [0, 0.1) is 0 Å². The van der Waals surface area contributed by atoms with Crippen molar-refractivity contribution in [2.45, 2.75) is 31.8 Å². The molecule has 1 saturated heterocycles. The summed E-state index contributed by atoms with van der Waals surface area (Å²) >= 11 is 0. The molecule has 1 rings (SSSR count). The Morgan fingerprint density at radius 2 is 2.45 bits per heavy atom. The Hall–Kier alpha value is -0.770. The van der Waals surface area contributed by atoms with Crippen LogP contribution in [0.4, 0.5) is 4.79 Å². The highest BCUT2D eigenvalue weighted by Gasteiger charge is 2.30. The molecule has 3 N–H and O–H groups in total. The second-order valence-electron chi connectivity index (χ2n) is 3.04. The summed E-state index contributed by atoms with van der Waals surface area (Å²) in [4.78, 5) is 12.0. The number of rotatable bonds is 1. The summed E-state index contributed by atoms with van der Waals surface area (Å²) in [5.41, 5.74) is 5.62. The topological polar surface area (TPSA) is 66.6 Å². The molecule has 0 aromatic carbocycles. The molecular weight excluding hydrogens is 144 g/mol. The standard InChI is InChI=1S/C7H14N2O2/c1-5(8)6-3-2-4-9(6)7(10)11/h5-6H,2-4,8H2,1H3,(H,10,11)/t5-,6?/m1/s1. The SMILES string of the molecule is C[C@@H](N)C1CCCN1C(=O)O. The van der Waals surface area contributed by atoms with E-state index in [0.29, 0.717) is 6.54 Å². The van der Waals surface area contributed by atoms with Crippen LogP contribution in [-0.4, -0.2) is 34.7 Å². The van der Waals surface area contributed by atoms with E-state index in [0.717, 1.165) is 12.8 Å². The third kappa shape index (κ3) is 1.63. The predicted octanol–water partition coefficient (Wildman–Crippen LogP) is 0.476. The summed E-state index contributed by atoms with van der Waals surface area (Å²) in [6.45, 7) is 2.49. The summed E-state index contributed by atoms with van der Waals surface area (Å²) in [7, 11) is 0. The van der Waals surface area contributed by atoms with Gasteiger partial charge < -0.3 is 15.7 Å². The molecule has 1 aliphatic rings. The molecule has 1 amide bonds. The van der Waals surface area contributed by atoms with Crippen LogP contribution in [0.5, 0.6) is 0 Å². The molecule has 64 valence electrons. The van der Waals surface area contributed by atoms with E-state index in [1.54, 1.807) is 0 Å². The minimum atomic E-state index is -0.843.